The van der Waals surface area contributed by atoms with Crippen molar-refractivity contribution in [2.75, 3.05) is 12.0 Å². The first kappa shape index (κ1) is 29.0. The number of carbonyl (C=O) groups excluding carboxylic acids is 2. The van der Waals surface area contributed by atoms with E-state index in [1.807, 2.05) is 31.2 Å². The van der Waals surface area contributed by atoms with Gasteiger partial charge in [0.15, 0.2) is 0 Å². The molecule has 1 saturated heterocycles. The molecule has 234 valence electrons. The number of nitro benzene ring substituents is 1. The van der Waals surface area contributed by atoms with Gasteiger partial charge in [-0.05, 0) is 67.0 Å². The molecule has 2 amide bonds. The van der Waals surface area contributed by atoms with E-state index in [1.54, 1.807) is 55.3 Å². The number of ether oxygens (including phenoxy) is 2. The molecular weight excluding hydrogens is 627 g/mol. The summed E-state index contributed by atoms with van der Waals surface area (Å²) in [5.74, 6) is -1.01. The van der Waals surface area contributed by atoms with Crippen LogP contribution in [-0.2, 0) is 16.2 Å². The Hall–Kier alpha value is -4.42. The van der Waals surface area contributed by atoms with Gasteiger partial charge in [0.2, 0.25) is 11.8 Å². The summed E-state index contributed by atoms with van der Waals surface area (Å²) >= 11 is 2.68. The van der Waals surface area contributed by atoms with Crippen molar-refractivity contribution in [3.05, 3.63) is 108 Å². The number of fused-ring (bicyclic) bond motifs is 9. The van der Waals surface area contributed by atoms with Crippen LogP contribution in [0.2, 0.25) is 0 Å². The summed E-state index contributed by atoms with van der Waals surface area (Å²) in [5.41, 5.74) is 3.13. The standard InChI is InChI=1S/C34H29N3O7S2/c1-16-4-3-5-17(12-16)15-44-24-11-8-19(37(41)42)13-21(24)25-26-22-14-23(29(26)45-31-30(25)46-34(40)35-31)28-27(22)32(38)36(33(28)39)18-6-9-20(43-2)10-7-18/h3-13,22-23,25-29H,14-15H2,1-2H3,(H,35,40)/t22-,23-,25?,26?,27?,28?,29?/m1/s1. The van der Waals surface area contributed by atoms with Crippen LogP contribution in [0, 0.1) is 46.6 Å². The van der Waals surface area contributed by atoms with E-state index in [4.69, 9.17) is 9.47 Å². The second-order valence-corrected chi connectivity index (χ2v) is 14.6. The third kappa shape index (κ3) is 4.41. The number of methoxy groups -OCH3 is 1. The maximum atomic E-state index is 14.1. The van der Waals surface area contributed by atoms with Gasteiger partial charge in [0.1, 0.15) is 18.1 Å². The van der Waals surface area contributed by atoms with Gasteiger partial charge in [-0.15, -0.1) is 11.8 Å². The van der Waals surface area contributed by atoms with E-state index in [2.05, 4.69) is 4.98 Å². The molecule has 10 nitrogen and oxygen atoms in total. The molecule has 0 radical (unpaired) electrons. The van der Waals surface area contributed by atoms with Crippen molar-refractivity contribution in [2.45, 2.75) is 36.1 Å². The lowest BCUT2D eigenvalue weighted by Crippen LogP contribution is -2.42. The molecule has 2 bridgehead atoms. The van der Waals surface area contributed by atoms with Gasteiger partial charge in [-0.1, -0.05) is 41.2 Å². The van der Waals surface area contributed by atoms with Gasteiger partial charge in [-0.3, -0.25) is 29.4 Å². The zero-order chi connectivity index (χ0) is 31.9. The molecule has 2 aliphatic heterocycles. The number of carbonyl (C=O) groups is 2. The average molecular weight is 656 g/mol. The van der Waals surface area contributed by atoms with Crippen LogP contribution < -0.4 is 19.2 Å². The summed E-state index contributed by atoms with van der Waals surface area (Å²) in [4.78, 5) is 57.3. The lowest BCUT2D eigenvalue weighted by atomic mass is 9.68. The van der Waals surface area contributed by atoms with Crippen LogP contribution in [0.4, 0.5) is 11.4 Å². The van der Waals surface area contributed by atoms with E-state index in [9.17, 15) is 24.5 Å². The number of benzene rings is 3. The number of rotatable bonds is 7. The minimum atomic E-state index is -0.503. The van der Waals surface area contributed by atoms with Crippen LogP contribution in [0.5, 0.6) is 11.5 Å². The molecule has 2 aliphatic carbocycles. The Kier molecular flexibility index (Phi) is 6.84. The van der Waals surface area contributed by atoms with Crippen LogP contribution in [0.15, 0.2) is 76.6 Å². The number of nitrogens with one attached hydrogen (secondary N) is 1. The predicted octanol–water partition coefficient (Wildman–Crippen LogP) is 5.92. The summed E-state index contributed by atoms with van der Waals surface area (Å²) in [7, 11) is 1.56. The zero-order valence-corrected chi connectivity index (χ0v) is 26.5. The molecule has 3 aromatic carbocycles. The topological polar surface area (TPSA) is 132 Å². The van der Waals surface area contributed by atoms with Crippen molar-refractivity contribution in [3.63, 3.8) is 0 Å². The Morgan fingerprint density at radius 1 is 1.00 bits per heavy atom. The predicted molar refractivity (Wildman–Crippen MR) is 173 cm³/mol. The highest BCUT2D eigenvalue weighted by Gasteiger charge is 2.70. The van der Waals surface area contributed by atoms with Crippen molar-refractivity contribution in [3.8, 4) is 11.5 Å². The molecule has 46 heavy (non-hydrogen) atoms. The summed E-state index contributed by atoms with van der Waals surface area (Å²) in [6.07, 6.45) is 0.704. The fourth-order valence-electron chi connectivity index (χ4n) is 8.34. The summed E-state index contributed by atoms with van der Waals surface area (Å²) < 4.78 is 11.6. The molecule has 0 spiro atoms. The van der Waals surface area contributed by atoms with Gasteiger partial charge in [0, 0.05) is 33.7 Å². The minimum Gasteiger partial charge on any atom is -0.497 e. The number of thiazole rings is 1. The number of aromatic amines is 1. The third-order valence-electron chi connectivity index (χ3n) is 10.1. The summed E-state index contributed by atoms with van der Waals surface area (Å²) in [5, 5.41) is 12.7. The molecule has 1 N–H and O–H groups in total. The Labute approximate surface area is 271 Å². The minimum absolute atomic E-state index is 0.0644. The molecule has 2 saturated carbocycles. The first-order valence-corrected chi connectivity index (χ1v) is 16.8. The van der Waals surface area contributed by atoms with Gasteiger partial charge < -0.3 is 14.5 Å². The van der Waals surface area contributed by atoms with Gasteiger partial charge in [-0.2, -0.15) is 0 Å². The van der Waals surface area contributed by atoms with Crippen molar-refractivity contribution in [2.24, 2.45) is 29.6 Å². The number of non-ortho nitro benzene ring substituents is 1. The Morgan fingerprint density at radius 3 is 2.48 bits per heavy atom. The van der Waals surface area contributed by atoms with Crippen LogP contribution >= 0.6 is 23.1 Å². The first-order valence-electron chi connectivity index (χ1n) is 15.1. The highest BCUT2D eigenvalue weighted by molar-refractivity contribution is 8.00. The molecule has 4 aliphatic rings. The Balaban J connectivity index is 1.21. The van der Waals surface area contributed by atoms with E-state index in [1.165, 1.54) is 11.0 Å². The van der Waals surface area contributed by atoms with E-state index >= 15 is 0 Å². The molecular formula is C34H29N3O7S2. The summed E-state index contributed by atoms with van der Waals surface area (Å²) in [6, 6.07) is 19.5. The van der Waals surface area contributed by atoms with E-state index in [0.29, 0.717) is 29.2 Å². The number of nitrogens with zero attached hydrogens (tertiary/aromatic N) is 2. The normalized spacial score (nSPS) is 27.3. The van der Waals surface area contributed by atoms with Gasteiger partial charge in [0.25, 0.3) is 5.69 Å². The molecule has 5 unspecified atom stereocenters. The number of amides is 2. The van der Waals surface area contributed by atoms with Gasteiger partial charge in [0.05, 0.1) is 34.6 Å². The van der Waals surface area contributed by atoms with Gasteiger partial charge >= 0.3 is 4.87 Å². The molecule has 3 fully saturated rings. The SMILES string of the molecule is COc1ccc(N2C(=O)C3C(C2=O)[C@@H]2C[C@H]3C3Sc4[nH]c(=O)sc4C(c4cc([N+](=O)[O-])ccc4OCc4cccc(C)c4)C32)cc1. The van der Waals surface area contributed by atoms with E-state index in [-0.39, 0.29) is 52.0 Å². The van der Waals surface area contributed by atoms with Crippen molar-refractivity contribution < 1.29 is 24.0 Å². The number of nitro groups is 1. The molecule has 8 rings (SSSR count). The molecule has 3 heterocycles. The number of imide groups is 1. The van der Waals surface area contributed by atoms with Crippen LogP contribution in [0.25, 0.3) is 0 Å². The third-order valence-corrected chi connectivity index (χ3v) is 12.7. The summed E-state index contributed by atoms with van der Waals surface area (Å²) in [6.45, 7) is 2.27. The quantitative estimate of drug-likeness (QED) is 0.148. The van der Waals surface area contributed by atoms with Crippen molar-refractivity contribution in [1.29, 1.82) is 0 Å². The van der Waals surface area contributed by atoms with Crippen LogP contribution in [0.3, 0.4) is 0 Å². The fourth-order valence-corrected chi connectivity index (χ4v) is 11.2. The van der Waals surface area contributed by atoms with Crippen molar-refractivity contribution >= 4 is 46.3 Å². The number of hydrogen-bond acceptors (Lipinski definition) is 9. The maximum Gasteiger partial charge on any atom is 0.305 e. The Bertz CT molecular complexity index is 1970. The lowest BCUT2D eigenvalue weighted by molar-refractivity contribution is -0.385. The average Bonchev–Trinajstić information content (AvgIpc) is 3.79. The fraction of sp³-hybridized carbons (Fsp3) is 0.324. The molecule has 12 heteroatoms. The highest BCUT2D eigenvalue weighted by Crippen LogP contribution is 2.69. The Morgan fingerprint density at radius 2 is 1.76 bits per heavy atom. The number of hydrogen-bond donors (Lipinski definition) is 1. The van der Waals surface area contributed by atoms with E-state index in [0.717, 1.165) is 32.4 Å². The molecule has 7 atom stereocenters. The number of H-pyrrole nitrogens is 1. The number of aryl methyl sites for hydroxylation is 1. The zero-order valence-electron chi connectivity index (χ0n) is 24.9. The monoisotopic (exact) mass is 655 g/mol. The highest BCUT2D eigenvalue weighted by atomic mass is 32.2. The number of thioether (sulfide) groups is 1. The van der Waals surface area contributed by atoms with E-state index < -0.39 is 22.7 Å². The number of aromatic nitrogens is 1. The second-order valence-electron chi connectivity index (χ2n) is 12.4. The second kappa shape index (κ2) is 10.8. The van der Waals surface area contributed by atoms with Crippen LogP contribution in [-0.4, -0.2) is 34.1 Å². The lowest BCUT2D eigenvalue weighted by Gasteiger charge is -2.43. The first-order chi connectivity index (χ1) is 22.2. The molecule has 4 aromatic rings. The smallest absolute Gasteiger partial charge is 0.305 e. The largest absolute Gasteiger partial charge is 0.497 e. The maximum absolute atomic E-state index is 14.1. The van der Waals surface area contributed by atoms with Gasteiger partial charge in [-0.25, -0.2) is 0 Å². The number of anilines is 1. The van der Waals surface area contributed by atoms with Crippen molar-refractivity contribution in [1.82, 2.24) is 4.98 Å². The van der Waals surface area contributed by atoms with Crippen LogP contribution in [0.1, 0.15) is 33.9 Å². The molecule has 1 aromatic heterocycles.